The highest BCUT2D eigenvalue weighted by atomic mass is 19.1. The van der Waals surface area contributed by atoms with Gasteiger partial charge in [-0.1, -0.05) is 6.07 Å². The minimum absolute atomic E-state index is 0.163. The van der Waals surface area contributed by atoms with E-state index in [0.29, 0.717) is 11.1 Å². The Morgan fingerprint density at radius 2 is 2.13 bits per heavy atom. The van der Waals surface area contributed by atoms with Gasteiger partial charge in [-0.05, 0) is 54.8 Å². The van der Waals surface area contributed by atoms with E-state index < -0.39 is 5.82 Å². The Kier molecular flexibility index (Phi) is 4.19. The Morgan fingerprint density at radius 3 is 2.87 bits per heavy atom. The summed E-state index contributed by atoms with van der Waals surface area (Å²) < 4.78 is 18.7. The Bertz CT molecular complexity index is 746. The van der Waals surface area contributed by atoms with Crippen molar-refractivity contribution < 1.29 is 13.9 Å². The average molecular weight is 314 g/mol. The number of hydrogen-bond donors (Lipinski definition) is 2. The van der Waals surface area contributed by atoms with Crippen LogP contribution in [-0.4, -0.2) is 19.6 Å². The fraction of sp³-hybridized carbons (Fsp3) is 0.278. The highest BCUT2D eigenvalue weighted by Gasteiger charge is 2.16. The van der Waals surface area contributed by atoms with Crippen LogP contribution in [0, 0.1) is 5.82 Å². The Labute approximate surface area is 134 Å². The van der Waals surface area contributed by atoms with Gasteiger partial charge in [-0.3, -0.25) is 4.79 Å². The number of fused-ring (bicyclic) bond motifs is 1. The van der Waals surface area contributed by atoms with Gasteiger partial charge in [-0.25, -0.2) is 4.39 Å². The van der Waals surface area contributed by atoms with Gasteiger partial charge in [0.25, 0.3) is 5.91 Å². The van der Waals surface area contributed by atoms with Crippen molar-refractivity contribution in [2.45, 2.75) is 19.4 Å². The number of halogens is 1. The van der Waals surface area contributed by atoms with Crippen LogP contribution in [0.2, 0.25) is 0 Å². The number of ether oxygens (including phenoxy) is 1. The molecule has 120 valence electrons. The summed E-state index contributed by atoms with van der Waals surface area (Å²) in [5.74, 6) is -0.406. The van der Waals surface area contributed by atoms with Crippen LogP contribution in [0.25, 0.3) is 0 Å². The molecular weight excluding hydrogens is 295 g/mol. The second-order valence-electron chi connectivity index (χ2n) is 5.64. The number of anilines is 1. The maximum absolute atomic E-state index is 13.8. The molecule has 23 heavy (non-hydrogen) atoms. The van der Waals surface area contributed by atoms with Crippen molar-refractivity contribution in [1.29, 1.82) is 0 Å². The van der Waals surface area contributed by atoms with Crippen LogP contribution in [-0.2, 0) is 6.42 Å². The van der Waals surface area contributed by atoms with Crippen LogP contribution in [0.4, 0.5) is 10.1 Å². The fourth-order valence-electron chi connectivity index (χ4n) is 2.76. The molecule has 0 saturated carbocycles. The number of carbonyl (C=O) groups is 1. The number of rotatable bonds is 4. The van der Waals surface area contributed by atoms with Gasteiger partial charge in [0.05, 0.1) is 13.2 Å². The first-order valence-electron chi connectivity index (χ1n) is 7.59. The largest absolute Gasteiger partial charge is 0.494 e. The maximum Gasteiger partial charge on any atom is 0.251 e. The van der Waals surface area contributed by atoms with E-state index in [2.05, 4.69) is 10.6 Å². The molecular formula is C18H19FN2O2. The average Bonchev–Trinajstić information content (AvgIpc) is 3.02. The first-order chi connectivity index (χ1) is 11.1. The smallest absolute Gasteiger partial charge is 0.251 e. The van der Waals surface area contributed by atoms with Crippen LogP contribution < -0.4 is 15.4 Å². The van der Waals surface area contributed by atoms with Crippen molar-refractivity contribution in [2.24, 2.45) is 0 Å². The molecule has 1 heterocycles. The molecule has 0 saturated heterocycles. The van der Waals surface area contributed by atoms with Gasteiger partial charge in [0.15, 0.2) is 11.6 Å². The highest BCUT2D eigenvalue weighted by Crippen LogP contribution is 2.24. The molecule has 1 amide bonds. The molecule has 5 heteroatoms. The zero-order chi connectivity index (χ0) is 16.4. The van der Waals surface area contributed by atoms with Crippen molar-refractivity contribution in [3.8, 4) is 5.75 Å². The Balaban J connectivity index is 1.73. The molecule has 2 aromatic carbocycles. The van der Waals surface area contributed by atoms with Crippen molar-refractivity contribution in [1.82, 2.24) is 5.32 Å². The first-order valence-corrected chi connectivity index (χ1v) is 7.59. The number of hydrogen-bond acceptors (Lipinski definition) is 3. The lowest BCUT2D eigenvalue weighted by Gasteiger charge is -2.15. The minimum atomic E-state index is -0.435. The Hall–Kier alpha value is -2.56. The van der Waals surface area contributed by atoms with Crippen LogP contribution >= 0.6 is 0 Å². The molecule has 1 unspecified atom stereocenters. The number of nitrogens with one attached hydrogen (secondary N) is 2. The molecule has 1 atom stereocenters. The van der Waals surface area contributed by atoms with Gasteiger partial charge in [-0.2, -0.15) is 0 Å². The van der Waals surface area contributed by atoms with Crippen molar-refractivity contribution in [3.63, 3.8) is 0 Å². The molecule has 3 rings (SSSR count). The molecule has 0 radical (unpaired) electrons. The van der Waals surface area contributed by atoms with Crippen LogP contribution in [0.1, 0.15) is 34.5 Å². The highest BCUT2D eigenvalue weighted by molar-refractivity contribution is 5.95. The molecule has 1 aliphatic heterocycles. The SMILES string of the molecule is COc1ccc(C(C)NC(=O)c2ccc3c(c2)CCN3)cc1F. The minimum Gasteiger partial charge on any atom is -0.494 e. The second kappa shape index (κ2) is 6.28. The normalized spacial score (nSPS) is 13.9. The summed E-state index contributed by atoms with van der Waals surface area (Å²) in [6.45, 7) is 2.73. The van der Waals surface area contributed by atoms with Gasteiger partial charge < -0.3 is 15.4 Å². The quantitative estimate of drug-likeness (QED) is 0.910. The zero-order valence-corrected chi connectivity index (χ0v) is 13.2. The monoisotopic (exact) mass is 314 g/mol. The van der Waals surface area contributed by atoms with Crippen molar-refractivity contribution >= 4 is 11.6 Å². The van der Waals surface area contributed by atoms with Crippen molar-refractivity contribution in [2.75, 3.05) is 19.0 Å². The summed E-state index contributed by atoms with van der Waals surface area (Å²) >= 11 is 0. The molecule has 0 aromatic heterocycles. The molecule has 4 nitrogen and oxygen atoms in total. The number of methoxy groups -OCH3 is 1. The van der Waals surface area contributed by atoms with E-state index in [0.717, 1.165) is 24.2 Å². The number of carbonyl (C=O) groups excluding carboxylic acids is 1. The lowest BCUT2D eigenvalue weighted by molar-refractivity contribution is 0.0939. The molecule has 0 bridgehead atoms. The third kappa shape index (κ3) is 3.13. The standard InChI is InChI=1S/C18H19FN2O2/c1-11(12-4-6-17(23-2)15(19)10-12)21-18(22)14-3-5-16-13(9-14)7-8-20-16/h3-6,9-11,20H,7-8H2,1-2H3,(H,21,22). The molecule has 0 spiro atoms. The van der Waals surface area contributed by atoms with Gasteiger partial charge in [0, 0.05) is 17.8 Å². The summed E-state index contributed by atoms with van der Waals surface area (Å²) in [5.41, 5.74) is 3.56. The second-order valence-corrected chi connectivity index (χ2v) is 5.64. The molecule has 0 fully saturated rings. The predicted molar refractivity (Wildman–Crippen MR) is 87.5 cm³/mol. The van der Waals surface area contributed by atoms with Crippen molar-refractivity contribution in [3.05, 3.63) is 58.9 Å². The fourth-order valence-corrected chi connectivity index (χ4v) is 2.76. The molecule has 0 aliphatic carbocycles. The van der Waals surface area contributed by atoms with E-state index in [9.17, 15) is 9.18 Å². The number of benzene rings is 2. The van der Waals surface area contributed by atoms with Gasteiger partial charge in [-0.15, -0.1) is 0 Å². The lowest BCUT2D eigenvalue weighted by Crippen LogP contribution is -2.26. The maximum atomic E-state index is 13.8. The summed E-state index contributed by atoms with van der Waals surface area (Å²) in [6.07, 6.45) is 0.926. The summed E-state index contributed by atoms with van der Waals surface area (Å²) in [6, 6.07) is 10.0. The van der Waals surface area contributed by atoms with Gasteiger partial charge in [0.2, 0.25) is 0 Å². The third-order valence-corrected chi connectivity index (χ3v) is 4.10. The van der Waals surface area contributed by atoms with Gasteiger partial charge in [0.1, 0.15) is 0 Å². The van der Waals surface area contributed by atoms with Crippen LogP contribution in [0.15, 0.2) is 36.4 Å². The van der Waals surface area contributed by atoms with Crippen LogP contribution in [0.3, 0.4) is 0 Å². The molecule has 2 N–H and O–H groups in total. The van der Waals surface area contributed by atoms with E-state index in [1.54, 1.807) is 18.2 Å². The lowest BCUT2D eigenvalue weighted by atomic mass is 10.1. The topological polar surface area (TPSA) is 50.4 Å². The summed E-state index contributed by atoms with van der Waals surface area (Å²) in [4.78, 5) is 12.4. The predicted octanol–water partition coefficient (Wildman–Crippen LogP) is 3.29. The van der Waals surface area contributed by atoms with Gasteiger partial charge >= 0.3 is 0 Å². The zero-order valence-electron chi connectivity index (χ0n) is 13.2. The molecule has 2 aromatic rings. The number of amides is 1. The van der Waals surface area contributed by atoms with E-state index in [1.807, 2.05) is 19.1 Å². The summed E-state index contributed by atoms with van der Waals surface area (Å²) in [5, 5.41) is 6.17. The third-order valence-electron chi connectivity index (χ3n) is 4.10. The van der Waals surface area contributed by atoms with E-state index in [4.69, 9.17) is 4.74 Å². The van der Waals surface area contributed by atoms with E-state index in [-0.39, 0.29) is 17.7 Å². The van der Waals surface area contributed by atoms with E-state index in [1.165, 1.54) is 13.2 Å². The Morgan fingerprint density at radius 1 is 1.30 bits per heavy atom. The van der Waals surface area contributed by atoms with E-state index >= 15 is 0 Å². The summed E-state index contributed by atoms with van der Waals surface area (Å²) in [7, 11) is 1.42. The first kappa shape index (κ1) is 15.3. The van der Waals surface area contributed by atoms with Crippen LogP contribution in [0.5, 0.6) is 5.75 Å². The molecule has 1 aliphatic rings.